The topological polar surface area (TPSA) is 40.5 Å². The molecule has 1 fully saturated rings. The Labute approximate surface area is 119 Å². The Morgan fingerprint density at radius 1 is 1.32 bits per heavy atom. The van der Waals surface area contributed by atoms with Crippen LogP contribution in [0.5, 0.6) is 0 Å². The van der Waals surface area contributed by atoms with Crippen molar-refractivity contribution in [1.29, 1.82) is 0 Å². The van der Waals surface area contributed by atoms with Crippen molar-refractivity contribution in [2.24, 2.45) is 0 Å². The van der Waals surface area contributed by atoms with E-state index in [2.05, 4.69) is 0 Å². The van der Waals surface area contributed by atoms with Gasteiger partial charge in [0.25, 0.3) is 0 Å². The molecule has 1 aliphatic rings. The predicted molar refractivity (Wildman–Crippen MR) is 76.2 cm³/mol. The Bertz CT molecular complexity index is 436. The molecule has 1 heterocycles. The van der Waals surface area contributed by atoms with Crippen LogP contribution >= 0.6 is 11.6 Å². The third kappa shape index (κ3) is 3.71. The highest BCUT2D eigenvalue weighted by molar-refractivity contribution is 6.31. The molecule has 1 amide bonds. The third-order valence-corrected chi connectivity index (χ3v) is 4.08. The van der Waals surface area contributed by atoms with Gasteiger partial charge in [-0.1, -0.05) is 42.6 Å². The maximum atomic E-state index is 12.4. The summed E-state index contributed by atoms with van der Waals surface area (Å²) in [6.45, 7) is 0.794. The fourth-order valence-corrected chi connectivity index (χ4v) is 2.80. The number of carbonyl (C=O) groups is 1. The number of aliphatic hydroxyl groups excluding tert-OH is 1. The zero-order valence-corrected chi connectivity index (χ0v) is 11.8. The van der Waals surface area contributed by atoms with Gasteiger partial charge in [-0.3, -0.25) is 4.79 Å². The second-order valence-electron chi connectivity index (χ2n) is 5.04. The maximum absolute atomic E-state index is 12.4. The van der Waals surface area contributed by atoms with Gasteiger partial charge in [-0.25, -0.2) is 0 Å². The van der Waals surface area contributed by atoms with Crippen molar-refractivity contribution in [1.82, 2.24) is 4.90 Å². The molecule has 1 atom stereocenters. The summed E-state index contributed by atoms with van der Waals surface area (Å²) in [7, 11) is 0. The Morgan fingerprint density at radius 2 is 2.11 bits per heavy atom. The number of likely N-dealkylation sites (tertiary alicyclic amines) is 1. The molecule has 1 saturated heterocycles. The molecular formula is C15H20ClNO2. The second-order valence-corrected chi connectivity index (χ2v) is 5.45. The first kappa shape index (κ1) is 14.4. The van der Waals surface area contributed by atoms with Crippen LogP contribution in [-0.2, 0) is 11.2 Å². The first-order valence-corrected chi connectivity index (χ1v) is 7.24. The van der Waals surface area contributed by atoms with Crippen LogP contribution in [0.25, 0.3) is 0 Å². The number of hydrogen-bond acceptors (Lipinski definition) is 2. The molecule has 0 spiro atoms. The van der Waals surface area contributed by atoms with Crippen LogP contribution < -0.4 is 0 Å². The molecule has 1 aromatic rings. The van der Waals surface area contributed by atoms with E-state index in [0.29, 0.717) is 11.4 Å². The highest BCUT2D eigenvalue weighted by Gasteiger charge is 2.25. The van der Waals surface area contributed by atoms with Crippen LogP contribution in [0.2, 0.25) is 5.02 Å². The number of amides is 1. The van der Waals surface area contributed by atoms with Crippen molar-refractivity contribution in [3.05, 3.63) is 34.9 Å². The SMILES string of the molecule is O=C(Cc1ccccc1Cl)N1CCCCCC1CO. The van der Waals surface area contributed by atoms with Gasteiger partial charge in [-0.2, -0.15) is 0 Å². The minimum Gasteiger partial charge on any atom is -0.394 e. The molecule has 0 bridgehead atoms. The van der Waals surface area contributed by atoms with Crippen molar-refractivity contribution >= 4 is 17.5 Å². The standard InChI is InChI=1S/C15H20ClNO2/c16-14-8-4-3-6-12(14)10-15(19)17-9-5-1-2-7-13(17)11-18/h3-4,6,8,13,18H,1-2,5,7,9-11H2. The molecule has 1 N–H and O–H groups in total. The van der Waals surface area contributed by atoms with Crippen LogP contribution in [0.15, 0.2) is 24.3 Å². The summed E-state index contributed by atoms with van der Waals surface area (Å²) in [6, 6.07) is 7.40. The summed E-state index contributed by atoms with van der Waals surface area (Å²) in [5, 5.41) is 10.1. The number of benzene rings is 1. The first-order valence-electron chi connectivity index (χ1n) is 6.86. The molecule has 0 saturated carbocycles. The van der Waals surface area contributed by atoms with E-state index in [-0.39, 0.29) is 18.6 Å². The maximum Gasteiger partial charge on any atom is 0.227 e. The van der Waals surface area contributed by atoms with Gasteiger partial charge in [0, 0.05) is 11.6 Å². The van der Waals surface area contributed by atoms with Crippen molar-refractivity contribution in [2.75, 3.05) is 13.2 Å². The highest BCUT2D eigenvalue weighted by Crippen LogP contribution is 2.20. The molecule has 2 rings (SSSR count). The lowest BCUT2D eigenvalue weighted by atomic mass is 10.1. The fourth-order valence-electron chi connectivity index (χ4n) is 2.60. The lowest BCUT2D eigenvalue weighted by molar-refractivity contribution is -0.133. The summed E-state index contributed by atoms with van der Waals surface area (Å²) in [6.07, 6.45) is 4.44. The molecule has 0 aromatic heterocycles. The number of nitrogens with zero attached hydrogens (tertiary/aromatic N) is 1. The molecular weight excluding hydrogens is 262 g/mol. The predicted octanol–water partition coefficient (Wildman–Crippen LogP) is 2.65. The lowest BCUT2D eigenvalue weighted by Gasteiger charge is -2.28. The van der Waals surface area contributed by atoms with E-state index in [1.165, 1.54) is 0 Å². The molecule has 1 unspecified atom stereocenters. The summed E-state index contributed by atoms with van der Waals surface area (Å²) in [5.74, 6) is 0.0639. The number of aliphatic hydroxyl groups is 1. The number of halogens is 1. The minimum atomic E-state index is -0.0301. The molecule has 104 valence electrons. The van der Waals surface area contributed by atoms with Gasteiger partial charge in [0.1, 0.15) is 0 Å². The van der Waals surface area contributed by atoms with E-state index >= 15 is 0 Å². The van der Waals surface area contributed by atoms with Crippen molar-refractivity contribution < 1.29 is 9.90 Å². The van der Waals surface area contributed by atoms with Gasteiger partial charge in [0.05, 0.1) is 19.1 Å². The van der Waals surface area contributed by atoms with Crippen LogP contribution in [0.4, 0.5) is 0 Å². The average molecular weight is 282 g/mol. The van der Waals surface area contributed by atoms with E-state index in [0.717, 1.165) is 37.8 Å². The zero-order chi connectivity index (χ0) is 13.7. The Hall–Kier alpha value is -1.06. The molecule has 3 nitrogen and oxygen atoms in total. The molecule has 4 heteroatoms. The molecule has 1 aromatic carbocycles. The van der Waals surface area contributed by atoms with Crippen molar-refractivity contribution in [3.8, 4) is 0 Å². The van der Waals surface area contributed by atoms with Gasteiger partial charge < -0.3 is 10.0 Å². The monoisotopic (exact) mass is 281 g/mol. The molecule has 0 radical (unpaired) electrons. The van der Waals surface area contributed by atoms with Crippen molar-refractivity contribution in [3.63, 3.8) is 0 Å². The van der Waals surface area contributed by atoms with Gasteiger partial charge in [-0.15, -0.1) is 0 Å². The largest absolute Gasteiger partial charge is 0.394 e. The van der Waals surface area contributed by atoms with Crippen molar-refractivity contribution in [2.45, 2.75) is 38.1 Å². The van der Waals surface area contributed by atoms with E-state index in [9.17, 15) is 9.90 Å². The normalized spacial score (nSPS) is 20.1. The fraction of sp³-hybridized carbons (Fsp3) is 0.533. The number of rotatable bonds is 3. The molecule has 0 aliphatic carbocycles. The Morgan fingerprint density at radius 3 is 2.84 bits per heavy atom. The lowest BCUT2D eigenvalue weighted by Crippen LogP contribution is -2.42. The zero-order valence-electron chi connectivity index (χ0n) is 11.0. The van der Waals surface area contributed by atoms with Crippen LogP contribution in [-0.4, -0.2) is 35.1 Å². The second kappa shape index (κ2) is 6.92. The Balaban J connectivity index is 2.07. The van der Waals surface area contributed by atoms with Gasteiger partial charge in [0.15, 0.2) is 0 Å². The summed E-state index contributed by atoms with van der Waals surface area (Å²) in [5.41, 5.74) is 0.857. The molecule has 19 heavy (non-hydrogen) atoms. The molecule has 1 aliphatic heterocycles. The first-order chi connectivity index (χ1) is 9.22. The van der Waals surface area contributed by atoms with Gasteiger partial charge in [-0.05, 0) is 24.5 Å². The summed E-state index contributed by atoms with van der Waals surface area (Å²) < 4.78 is 0. The van der Waals surface area contributed by atoms with Crippen LogP contribution in [0.1, 0.15) is 31.2 Å². The summed E-state index contributed by atoms with van der Waals surface area (Å²) >= 11 is 6.09. The van der Waals surface area contributed by atoms with E-state index < -0.39 is 0 Å². The van der Waals surface area contributed by atoms with E-state index in [1.807, 2.05) is 23.1 Å². The average Bonchev–Trinajstić information content (AvgIpc) is 2.66. The van der Waals surface area contributed by atoms with E-state index in [1.54, 1.807) is 6.07 Å². The van der Waals surface area contributed by atoms with Gasteiger partial charge >= 0.3 is 0 Å². The quantitative estimate of drug-likeness (QED) is 0.925. The highest BCUT2D eigenvalue weighted by atomic mass is 35.5. The number of hydrogen-bond donors (Lipinski definition) is 1. The summed E-state index contributed by atoms with van der Waals surface area (Å²) in [4.78, 5) is 14.2. The smallest absolute Gasteiger partial charge is 0.227 e. The van der Waals surface area contributed by atoms with Crippen LogP contribution in [0.3, 0.4) is 0 Å². The van der Waals surface area contributed by atoms with E-state index in [4.69, 9.17) is 11.6 Å². The van der Waals surface area contributed by atoms with Crippen LogP contribution in [0, 0.1) is 0 Å². The van der Waals surface area contributed by atoms with Gasteiger partial charge in [0.2, 0.25) is 5.91 Å². The third-order valence-electron chi connectivity index (χ3n) is 3.71. The number of carbonyl (C=O) groups excluding carboxylic acids is 1. The minimum absolute atomic E-state index is 0.0301. The Kier molecular flexibility index (Phi) is 5.23.